The number of carbonyl (C=O) groups is 2. The van der Waals surface area contributed by atoms with Crippen LogP contribution in [-0.4, -0.2) is 18.2 Å². The van der Waals surface area contributed by atoms with Gasteiger partial charge >= 0.3 is 0 Å². The van der Waals surface area contributed by atoms with Crippen molar-refractivity contribution in [1.29, 1.82) is 0 Å². The van der Waals surface area contributed by atoms with E-state index in [1.54, 1.807) is 19.1 Å². The van der Waals surface area contributed by atoms with E-state index >= 15 is 0 Å². The first-order valence-electron chi connectivity index (χ1n) is 7.11. The summed E-state index contributed by atoms with van der Waals surface area (Å²) in [4.78, 5) is 23.5. The zero-order chi connectivity index (χ0) is 15.2. The van der Waals surface area contributed by atoms with Crippen molar-refractivity contribution in [2.24, 2.45) is 0 Å². The summed E-state index contributed by atoms with van der Waals surface area (Å²) in [5, 5.41) is 2.86. The number of carbonyl (C=O) groups excluding carboxylic acids is 2. The minimum absolute atomic E-state index is 0.0358. The van der Waals surface area contributed by atoms with Crippen LogP contribution in [0.15, 0.2) is 48.5 Å². The van der Waals surface area contributed by atoms with Crippen LogP contribution in [0.1, 0.15) is 41.0 Å². The molecule has 0 atom stereocenters. The number of Topliss-reactive ketones (excluding diaryl/α,β-unsaturated/α-hetero) is 1. The summed E-state index contributed by atoms with van der Waals surface area (Å²) < 4.78 is 0. The molecule has 0 saturated carbocycles. The third kappa shape index (κ3) is 3.78. The molecule has 1 amide bonds. The summed E-state index contributed by atoms with van der Waals surface area (Å²) in [6.45, 7) is 4.24. The van der Waals surface area contributed by atoms with Gasteiger partial charge in [-0.1, -0.05) is 37.3 Å². The minimum Gasteiger partial charge on any atom is -0.352 e. The van der Waals surface area contributed by atoms with Gasteiger partial charge in [0, 0.05) is 17.7 Å². The Labute approximate surface area is 125 Å². The SMILES string of the molecule is CCCNC(=O)c1cccc(-c2cccc(C(C)=O)c2)c1. The van der Waals surface area contributed by atoms with Gasteiger partial charge in [-0.15, -0.1) is 0 Å². The van der Waals surface area contributed by atoms with Crippen molar-refractivity contribution >= 4 is 11.7 Å². The summed E-state index contributed by atoms with van der Waals surface area (Å²) >= 11 is 0. The molecule has 108 valence electrons. The molecule has 0 radical (unpaired) electrons. The van der Waals surface area contributed by atoms with E-state index in [9.17, 15) is 9.59 Å². The summed E-state index contributed by atoms with van der Waals surface area (Å²) in [5.74, 6) is -0.0323. The summed E-state index contributed by atoms with van der Waals surface area (Å²) in [5.41, 5.74) is 3.18. The first-order chi connectivity index (χ1) is 10.1. The third-order valence-electron chi connectivity index (χ3n) is 3.26. The standard InChI is InChI=1S/C18H19NO2/c1-3-10-19-18(21)17-9-5-8-16(12-17)15-7-4-6-14(11-15)13(2)20/h4-9,11-12H,3,10H2,1-2H3,(H,19,21). The van der Waals surface area contributed by atoms with Crippen LogP contribution < -0.4 is 5.32 Å². The average Bonchev–Trinajstić information content (AvgIpc) is 2.52. The average molecular weight is 281 g/mol. The van der Waals surface area contributed by atoms with Crippen molar-refractivity contribution in [3.05, 3.63) is 59.7 Å². The lowest BCUT2D eigenvalue weighted by molar-refractivity contribution is 0.0952. The highest BCUT2D eigenvalue weighted by molar-refractivity contribution is 5.97. The maximum Gasteiger partial charge on any atom is 0.251 e. The second-order valence-electron chi connectivity index (χ2n) is 4.97. The van der Waals surface area contributed by atoms with Gasteiger partial charge in [-0.3, -0.25) is 9.59 Å². The van der Waals surface area contributed by atoms with Crippen molar-refractivity contribution < 1.29 is 9.59 Å². The number of ketones is 1. The number of nitrogens with one attached hydrogen (secondary N) is 1. The molecule has 2 aromatic carbocycles. The molecular weight excluding hydrogens is 262 g/mol. The van der Waals surface area contributed by atoms with Gasteiger partial charge in [0.05, 0.1) is 0 Å². The van der Waals surface area contributed by atoms with Crippen LogP contribution in [0.3, 0.4) is 0 Å². The van der Waals surface area contributed by atoms with E-state index in [0.29, 0.717) is 17.7 Å². The lowest BCUT2D eigenvalue weighted by atomic mass is 10.00. The van der Waals surface area contributed by atoms with Crippen LogP contribution in [0.4, 0.5) is 0 Å². The van der Waals surface area contributed by atoms with Crippen molar-refractivity contribution in [1.82, 2.24) is 5.32 Å². The molecule has 2 aromatic rings. The van der Waals surface area contributed by atoms with E-state index in [1.165, 1.54) is 0 Å². The molecule has 0 spiro atoms. The molecular formula is C18H19NO2. The summed E-state index contributed by atoms with van der Waals surface area (Å²) in [6, 6.07) is 14.9. The van der Waals surface area contributed by atoms with E-state index < -0.39 is 0 Å². The monoisotopic (exact) mass is 281 g/mol. The Morgan fingerprint density at radius 3 is 2.10 bits per heavy atom. The molecule has 0 aliphatic heterocycles. The topological polar surface area (TPSA) is 46.2 Å². The van der Waals surface area contributed by atoms with Crippen LogP contribution in [-0.2, 0) is 0 Å². The number of benzene rings is 2. The number of rotatable bonds is 5. The first-order valence-corrected chi connectivity index (χ1v) is 7.11. The molecule has 0 aliphatic rings. The fourth-order valence-corrected chi connectivity index (χ4v) is 2.10. The quantitative estimate of drug-likeness (QED) is 0.849. The molecule has 0 aliphatic carbocycles. The predicted molar refractivity (Wildman–Crippen MR) is 84.5 cm³/mol. The molecule has 2 rings (SSSR count). The van der Waals surface area contributed by atoms with Crippen molar-refractivity contribution in [3.63, 3.8) is 0 Å². The molecule has 0 unspecified atom stereocenters. The minimum atomic E-state index is -0.0681. The van der Waals surface area contributed by atoms with Crippen molar-refractivity contribution in [3.8, 4) is 11.1 Å². The van der Waals surface area contributed by atoms with Gasteiger partial charge in [0.25, 0.3) is 5.91 Å². The molecule has 3 nitrogen and oxygen atoms in total. The van der Waals surface area contributed by atoms with Gasteiger partial charge in [0.2, 0.25) is 0 Å². The largest absolute Gasteiger partial charge is 0.352 e. The molecule has 0 heterocycles. The Hall–Kier alpha value is -2.42. The van der Waals surface area contributed by atoms with E-state index in [1.807, 2.05) is 43.3 Å². The predicted octanol–water partition coefficient (Wildman–Crippen LogP) is 3.70. The third-order valence-corrected chi connectivity index (χ3v) is 3.26. The number of amides is 1. The van der Waals surface area contributed by atoms with E-state index in [-0.39, 0.29) is 11.7 Å². The molecule has 21 heavy (non-hydrogen) atoms. The molecule has 0 bridgehead atoms. The van der Waals surface area contributed by atoms with E-state index in [0.717, 1.165) is 17.5 Å². The Kier molecular flexibility index (Phi) is 4.88. The maximum atomic E-state index is 12.0. The van der Waals surface area contributed by atoms with Crippen LogP contribution in [0.2, 0.25) is 0 Å². The lowest BCUT2D eigenvalue weighted by Crippen LogP contribution is -2.23. The first kappa shape index (κ1) is 15.0. The van der Waals surface area contributed by atoms with Crippen molar-refractivity contribution in [2.75, 3.05) is 6.54 Å². The van der Waals surface area contributed by atoms with Gasteiger partial charge in [-0.2, -0.15) is 0 Å². The Balaban J connectivity index is 2.30. The Bertz CT molecular complexity index is 662. The summed E-state index contributed by atoms with van der Waals surface area (Å²) in [7, 11) is 0. The zero-order valence-electron chi connectivity index (χ0n) is 12.3. The van der Waals surface area contributed by atoms with Gasteiger partial charge in [0.1, 0.15) is 0 Å². The normalized spacial score (nSPS) is 10.2. The number of hydrogen-bond donors (Lipinski definition) is 1. The molecule has 0 aromatic heterocycles. The fraction of sp³-hybridized carbons (Fsp3) is 0.222. The van der Waals surface area contributed by atoms with Crippen LogP contribution in [0.5, 0.6) is 0 Å². The van der Waals surface area contributed by atoms with Crippen LogP contribution in [0, 0.1) is 0 Å². The summed E-state index contributed by atoms with van der Waals surface area (Å²) in [6.07, 6.45) is 0.909. The van der Waals surface area contributed by atoms with Gasteiger partial charge < -0.3 is 5.32 Å². The van der Waals surface area contributed by atoms with Crippen LogP contribution in [0.25, 0.3) is 11.1 Å². The second-order valence-corrected chi connectivity index (χ2v) is 4.97. The number of hydrogen-bond acceptors (Lipinski definition) is 2. The lowest BCUT2D eigenvalue weighted by Gasteiger charge is -2.07. The molecule has 0 saturated heterocycles. The van der Waals surface area contributed by atoms with Crippen LogP contribution >= 0.6 is 0 Å². The highest BCUT2D eigenvalue weighted by atomic mass is 16.1. The zero-order valence-corrected chi connectivity index (χ0v) is 12.3. The molecule has 3 heteroatoms. The molecule has 1 N–H and O–H groups in total. The Morgan fingerprint density at radius 1 is 0.952 bits per heavy atom. The van der Waals surface area contributed by atoms with E-state index in [4.69, 9.17) is 0 Å². The second kappa shape index (κ2) is 6.84. The van der Waals surface area contributed by atoms with Gasteiger partial charge in [-0.25, -0.2) is 0 Å². The molecule has 0 fully saturated rings. The highest BCUT2D eigenvalue weighted by Crippen LogP contribution is 2.22. The smallest absolute Gasteiger partial charge is 0.251 e. The maximum absolute atomic E-state index is 12.0. The van der Waals surface area contributed by atoms with Crippen molar-refractivity contribution in [2.45, 2.75) is 20.3 Å². The van der Waals surface area contributed by atoms with E-state index in [2.05, 4.69) is 5.32 Å². The van der Waals surface area contributed by atoms with Gasteiger partial charge in [0.15, 0.2) is 5.78 Å². The highest BCUT2D eigenvalue weighted by Gasteiger charge is 2.07. The Morgan fingerprint density at radius 2 is 1.52 bits per heavy atom. The van der Waals surface area contributed by atoms with Gasteiger partial charge in [-0.05, 0) is 42.7 Å². The fourth-order valence-electron chi connectivity index (χ4n) is 2.10.